The van der Waals surface area contributed by atoms with Gasteiger partial charge in [-0.15, -0.1) is 0 Å². The number of hydrogen-bond donors (Lipinski definition) is 1. The second-order valence-electron chi connectivity index (χ2n) is 9.30. The van der Waals surface area contributed by atoms with Crippen LogP contribution in [0.1, 0.15) is 66.2 Å². The highest BCUT2D eigenvalue weighted by atomic mass is 16.6. The summed E-state index contributed by atoms with van der Waals surface area (Å²) in [6, 6.07) is -1.24. The average molecular weight is 440 g/mol. The first kappa shape index (κ1) is 25.1. The molecular formula is C22H37N3O6. The van der Waals surface area contributed by atoms with Crippen LogP contribution in [0.2, 0.25) is 0 Å². The van der Waals surface area contributed by atoms with Crippen molar-refractivity contribution in [1.29, 1.82) is 0 Å². The zero-order valence-electron chi connectivity index (χ0n) is 19.3. The van der Waals surface area contributed by atoms with E-state index < -0.39 is 23.7 Å². The lowest BCUT2D eigenvalue weighted by molar-refractivity contribution is -0.163. The van der Waals surface area contributed by atoms with Crippen LogP contribution in [0.5, 0.6) is 0 Å². The molecule has 0 saturated carbocycles. The normalized spacial score (nSPS) is 21.6. The van der Waals surface area contributed by atoms with Crippen LogP contribution in [0.15, 0.2) is 0 Å². The lowest BCUT2D eigenvalue weighted by Crippen LogP contribution is -2.44. The van der Waals surface area contributed by atoms with Crippen LogP contribution in [0.3, 0.4) is 0 Å². The van der Waals surface area contributed by atoms with Crippen molar-refractivity contribution >= 4 is 23.8 Å². The van der Waals surface area contributed by atoms with E-state index in [1.54, 1.807) is 4.90 Å². The van der Waals surface area contributed by atoms with Gasteiger partial charge in [0.15, 0.2) is 0 Å². The highest BCUT2D eigenvalue weighted by Gasteiger charge is 2.37. The number of amides is 2. The molecule has 0 aromatic rings. The Labute approximate surface area is 184 Å². The number of carboxylic acid groups (broad SMARTS) is 1. The minimum absolute atomic E-state index is 0.0800. The average Bonchev–Trinajstić information content (AvgIpc) is 3.35. The van der Waals surface area contributed by atoms with Gasteiger partial charge in [-0.25, -0.2) is 9.59 Å². The van der Waals surface area contributed by atoms with Crippen molar-refractivity contribution in [1.82, 2.24) is 14.7 Å². The molecule has 2 fully saturated rings. The smallest absolute Gasteiger partial charge is 0.329 e. The first-order valence-corrected chi connectivity index (χ1v) is 11.3. The molecule has 1 N–H and O–H groups in total. The summed E-state index contributed by atoms with van der Waals surface area (Å²) in [4.78, 5) is 54.0. The van der Waals surface area contributed by atoms with E-state index in [1.165, 1.54) is 4.90 Å². The molecule has 2 heterocycles. The maximum absolute atomic E-state index is 12.8. The summed E-state index contributed by atoms with van der Waals surface area (Å²) in [6.45, 7) is 10.1. The topological polar surface area (TPSA) is 107 Å². The molecule has 0 spiro atoms. The number of ether oxygens (including phenoxy) is 1. The molecule has 2 amide bonds. The van der Waals surface area contributed by atoms with Crippen LogP contribution < -0.4 is 0 Å². The van der Waals surface area contributed by atoms with E-state index >= 15 is 0 Å². The van der Waals surface area contributed by atoms with Crippen LogP contribution >= 0.6 is 0 Å². The number of carbonyl (C=O) groups excluding carboxylic acids is 3. The third-order valence-electron chi connectivity index (χ3n) is 5.84. The Hall–Kier alpha value is -2.16. The van der Waals surface area contributed by atoms with Crippen LogP contribution in [0, 0.1) is 0 Å². The van der Waals surface area contributed by atoms with E-state index in [2.05, 4.69) is 0 Å². The number of rotatable bonds is 9. The molecule has 9 nitrogen and oxygen atoms in total. The molecule has 2 atom stereocenters. The summed E-state index contributed by atoms with van der Waals surface area (Å²) in [5.41, 5.74) is -0.588. The third-order valence-corrected chi connectivity index (χ3v) is 5.84. The Morgan fingerprint density at radius 1 is 0.935 bits per heavy atom. The molecule has 2 saturated heterocycles. The van der Waals surface area contributed by atoms with Crippen molar-refractivity contribution < 1.29 is 29.0 Å². The van der Waals surface area contributed by atoms with Gasteiger partial charge in [-0.2, -0.15) is 0 Å². The maximum atomic E-state index is 12.8. The Bertz CT molecular complexity index is 675. The molecule has 9 heteroatoms. The molecule has 0 radical (unpaired) electrons. The zero-order valence-corrected chi connectivity index (χ0v) is 19.3. The van der Waals surface area contributed by atoms with Gasteiger partial charge in [-0.1, -0.05) is 6.92 Å². The molecule has 0 bridgehead atoms. The molecule has 176 valence electrons. The standard InChI is InChI=1S/C22H37N3O6/c1-5-23(14-10-18(26)24-12-6-8-16(24)20(28)29)15-11-19(27)25-13-7-9-17(25)21(30)31-22(2,3)4/h16-17H,5-15H2,1-4H3,(H,28,29). The van der Waals surface area contributed by atoms with Gasteiger partial charge in [-0.3, -0.25) is 9.59 Å². The van der Waals surface area contributed by atoms with Gasteiger partial charge < -0.3 is 24.5 Å². The van der Waals surface area contributed by atoms with Crippen molar-refractivity contribution in [3.63, 3.8) is 0 Å². The van der Waals surface area contributed by atoms with Crippen molar-refractivity contribution in [2.45, 2.75) is 83.9 Å². The number of hydrogen-bond acceptors (Lipinski definition) is 6. The summed E-state index contributed by atoms with van der Waals surface area (Å²) in [6.07, 6.45) is 3.11. The van der Waals surface area contributed by atoms with Crippen LogP contribution in [0.4, 0.5) is 0 Å². The second-order valence-corrected chi connectivity index (χ2v) is 9.30. The van der Waals surface area contributed by atoms with Crippen molar-refractivity contribution in [3.05, 3.63) is 0 Å². The van der Waals surface area contributed by atoms with Crippen LogP contribution in [-0.2, 0) is 23.9 Å². The molecule has 0 aromatic heterocycles. The van der Waals surface area contributed by atoms with Crippen LogP contribution in [-0.4, -0.2) is 94.0 Å². The predicted octanol–water partition coefficient (Wildman–Crippen LogP) is 1.50. The summed E-state index contributed by atoms with van der Waals surface area (Å²) in [5.74, 6) is -1.54. The van der Waals surface area contributed by atoms with E-state index in [0.29, 0.717) is 52.0 Å². The van der Waals surface area contributed by atoms with Gasteiger partial charge in [0.05, 0.1) is 0 Å². The minimum atomic E-state index is -0.950. The number of carbonyl (C=O) groups is 4. The SMILES string of the molecule is CCN(CCC(=O)N1CCCC1C(=O)O)CCC(=O)N1CCCC1C(=O)OC(C)(C)C. The Morgan fingerprint density at radius 2 is 1.42 bits per heavy atom. The molecule has 0 aliphatic carbocycles. The van der Waals surface area contributed by atoms with Crippen molar-refractivity contribution in [2.24, 2.45) is 0 Å². The number of carboxylic acids is 1. The maximum Gasteiger partial charge on any atom is 0.329 e. The molecule has 2 aliphatic heterocycles. The van der Waals surface area contributed by atoms with Gasteiger partial charge in [-0.05, 0) is 53.0 Å². The molecule has 0 aromatic carbocycles. The summed E-state index contributed by atoms with van der Waals surface area (Å²) >= 11 is 0. The second kappa shape index (κ2) is 10.9. The van der Waals surface area contributed by atoms with Gasteiger partial charge in [0, 0.05) is 39.0 Å². The van der Waals surface area contributed by atoms with E-state index in [1.807, 2.05) is 32.6 Å². The molecule has 31 heavy (non-hydrogen) atoms. The Balaban J connectivity index is 1.82. The molecule has 2 rings (SSSR count). The largest absolute Gasteiger partial charge is 0.480 e. The quantitative estimate of drug-likeness (QED) is 0.543. The number of esters is 1. The lowest BCUT2D eigenvalue weighted by atomic mass is 10.1. The van der Waals surface area contributed by atoms with E-state index in [0.717, 1.165) is 6.42 Å². The van der Waals surface area contributed by atoms with E-state index in [4.69, 9.17) is 4.74 Å². The summed E-state index contributed by atoms with van der Waals surface area (Å²) in [7, 11) is 0. The monoisotopic (exact) mass is 439 g/mol. The highest BCUT2D eigenvalue weighted by Crippen LogP contribution is 2.22. The van der Waals surface area contributed by atoms with Gasteiger partial charge in [0.2, 0.25) is 11.8 Å². The number of nitrogens with zero attached hydrogens (tertiary/aromatic N) is 3. The minimum Gasteiger partial charge on any atom is -0.480 e. The van der Waals surface area contributed by atoms with Crippen LogP contribution in [0.25, 0.3) is 0 Å². The fourth-order valence-electron chi connectivity index (χ4n) is 4.22. The third kappa shape index (κ3) is 7.19. The predicted molar refractivity (Wildman–Crippen MR) is 114 cm³/mol. The van der Waals surface area contributed by atoms with Gasteiger partial charge >= 0.3 is 11.9 Å². The Kier molecular flexibility index (Phi) is 8.85. The van der Waals surface area contributed by atoms with E-state index in [-0.39, 0.29) is 30.6 Å². The Morgan fingerprint density at radius 3 is 1.87 bits per heavy atom. The zero-order chi connectivity index (χ0) is 23.2. The fourth-order valence-corrected chi connectivity index (χ4v) is 4.22. The highest BCUT2D eigenvalue weighted by molar-refractivity contribution is 5.85. The van der Waals surface area contributed by atoms with Gasteiger partial charge in [0.25, 0.3) is 0 Å². The van der Waals surface area contributed by atoms with Crippen molar-refractivity contribution in [3.8, 4) is 0 Å². The van der Waals surface area contributed by atoms with Gasteiger partial charge in [0.1, 0.15) is 17.7 Å². The molecular weight excluding hydrogens is 402 g/mol. The fraction of sp³-hybridized carbons (Fsp3) is 0.818. The molecule has 2 aliphatic rings. The number of likely N-dealkylation sites (tertiary alicyclic amines) is 2. The van der Waals surface area contributed by atoms with E-state index in [9.17, 15) is 24.3 Å². The first-order chi connectivity index (χ1) is 14.5. The summed E-state index contributed by atoms with van der Waals surface area (Å²) in [5, 5.41) is 9.25. The number of aliphatic carboxylic acids is 1. The van der Waals surface area contributed by atoms with Crippen molar-refractivity contribution in [2.75, 3.05) is 32.7 Å². The lowest BCUT2D eigenvalue weighted by Gasteiger charge is -2.28. The molecule has 2 unspecified atom stereocenters. The first-order valence-electron chi connectivity index (χ1n) is 11.3. The summed E-state index contributed by atoms with van der Waals surface area (Å²) < 4.78 is 5.46.